The summed E-state index contributed by atoms with van der Waals surface area (Å²) in [7, 11) is 2.08. The molecule has 0 saturated heterocycles. The Morgan fingerprint density at radius 3 is 2.71 bits per heavy atom. The predicted molar refractivity (Wildman–Crippen MR) is 135 cm³/mol. The van der Waals surface area contributed by atoms with E-state index in [1.165, 1.54) is 16.2 Å². The van der Waals surface area contributed by atoms with E-state index in [1.54, 1.807) is 30.3 Å². The highest BCUT2D eigenvalue weighted by molar-refractivity contribution is 7.15. The van der Waals surface area contributed by atoms with Gasteiger partial charge in [-0.05, 0) is 67.8 Å². The van der Waals surface area contributed by atoms with Crippen molar-refractivity contribution in [3.63, 3.8) is 0 Å². The lowest BCUT2D eigenvalue weighted by atomic mass is 10.00. The number of carbonyl (C=O) groups is 2. The Bertz CT molecular complexity index is 1290. The number of thiazole rings is 1. The first-order valence-electron chi connectivity index (χ1n) is 11.6. The molecule has 0 radical (unpaired) electrons. The van der Waals surface area contributed by atoms with Crippen molar-refractivity contribution in [2.24, 2.45) is 5.92 Å². The van der Waals surface area contributed by atoms with E-state index >= 15 is 0 Å². The van der Waals surface area contributed by atoms with Crippen LogP contribution in [0.1, 0.15) is 50.9 Å². The summed E-state index contributed by atoms with van der Waals surface area (Å²) in [5.41, 5.74) is 3.65. The van der Waals surface area contributed by atoms with E-state index in [4.69, 9.17) is 5.26 Å². The molecule has 1 aliphatic carbocycles. The molecule has 9 heteroatoms. The van der Waals surface area contributed by atoms with Gasteiger partial charge in [0.05, 0.1) is 23.4 Å². The van der Waals surface area contributed by atoms with E-state index < -0.39 is 0 Å². The fourth-order valence-corrected chi connectivity index (χ4v) is 5.34. The third kappa shape index (κ3) is 5.50. The van der Waals surface area contributed by atoms with Crippen LogP contribution in [0.3, 0.4) is 0 Å². The van der Waals surface area contributed by atoms with Crippen LogP contribution in [-0.4, -0.2) is 35.4 Å². The molecule has 1 saturated carbocycles. The summed E-state index contributed by atoms with van der Waals surface area (Å²) in [4.78, 5) is 33.7. The van der Waals surface area contributed by atoms with Crippen LogP contribution in [0.25, 0.3) is 0 Å². The standard InChI is InChI=1S/C26H26N6O2S/c1-32-12-11-21-22(15-32)35-26(29-21)31-24(33)19-4-2-3-18(13-19)23(17-7-8-17)30-25(34)28-20-9-5-16(14-27)6-10-20/h2-6,9-10,13,17,23H,7-8,11-12,15H2,1H3,(H2,28,30,34)(H,29,31,33)/t23-/m1/s1. The third-order valence-corrected chi connectivity index (χ3v) is 7.30. The number of nitrogens with zero attached hydrogens (tertiary/aromatic N) is 3. The number of hydrogen-bond donors (Lipinski definition) is 3. The van der Waals surface area contributed by atoms with Crippen LogP contribution in [0.15, 0.2) is 48.5 Å². The number of rotatable bonds is 6. The lowest BCUT2D eigenvalue weighted by molar-refractivity contribution is 0.102. The molecule has 1 aromatic heterocycles. The minimum Gasteiger partial charge on any atom is -0.331 e. The molecule has 178 valence electrons. The van der Waals surface area contributed by atoms with E-state index in [0.29, 0.717) is 27.9 Å². The fraction of sp³-hybridized carbons (Fsp3) is 0.308. The Hall–Kier alpha value is -3.74. The van der Waals surface area contributed by atoms with Gasteiger partial charge in [0.2, 0.25) is 0 Å². The summed E-state index contributed by atoms with van der Waals surface area (Å²) >= 11 is 1.53. The number of carbonyl (C=O) groups excluding carboxylic acids is 2. The van der Waals surface area contributed by atoms with Gasteiger partial charge in [0, 0.05) is 35.6 Å². The molecule has 3 N–H and O–H groups in total. The van der Waals surface area contributed by atoms with E-state index in [9.17, 15) is 9.59 Å². The Kier molecular flexibility index (Phi) is 6.49. The molecule has 8 nitrogen and oxygen atoms in total. The smallest absolute Gasteiger partial charge is 0.319 e. The van der Waals surface area contributed by atoms with E-state index in [1.807, 2.05) is 18.2 Å². The van der Waals surface area contributed by atoms with Crippen LogP contribution < -0.4 is 16.0 Å². The topological polar surface area (TPSA) is 110 Å². The molecule has 3 aromatic rings. The number of urea groups is 1. The summed E-state index contributed by atoms with van der Waals surface area (Å²) in [5, 5.41) is 18.4. The maximum Gasteiger partial charge on any atom is 0.319 e. The third-order valence-electron chi connectivity index (χ3n) is 6.30. The average Bonchev–Trinajstić information content (AvgIpc) is 3.63. The molecule has 2 aromatic carbocycles. The number of amides is 3. The lowest BCUT2D eigenvalue weighted by Crippen LogP contribution is -2.33. The molecule has 1 aliphatic heterocycles. The molecular weight excluding hydrogens is 460 g/mol. The lowest BCUT2D eigenvalue weighted by Gasteiger charge is -2.20. The minimum atomic E-state index is -0.320. The molecule has 35 heavy (non-hydrogen) atoms. The van der Waals surface area contributed by atoms with E-state index in [2.05, 4.69) is 39.0 Å². The van der Waals surface area contributed by atoms with Crippen LogP contribution in [0, 0.1) is 17.2 Å². The monoisotopic (exact) mass is 486 g/mol. The summed E-state index contributed by atoms with van der Waals surface area (Å²) < 4.78 is 0. The van der Waals surface area contributed by atoms with Gasteiger partial charge in [-0.3, -0.25) is 10.1 Å². The van der Waals surface area contributed by atoms with Crippen molar-refractivity contribution in [3.8, 4) is 6.07 Å². The van der Waals surface area contributed by atoms with Gasteiger partial charge in [-0.25, -0.2) is 9.78 Å². The zero-order valence-electron chi connectivity index (χ0n) is 19.4. The zero-order chi connectivity index (χ0) is 24.4. The van der Waals surface area contributed by atoms with E-state index in [-0.39, 0.29) is 18.0 Å². The Morgan fingerprint density at radius 1 is 1.17 bits per heavy atom. The van der Waals surface area contributed by atoms with Crippen LogP contribution in [-0.2, 0) is 13.0 Å². The van der Waals surface area contributed by atoms with Gasteiger partial charge >= 0.3 is 6.03 Å². The molecule has 0 spiro atoms. The summed E-state index contributed by atoms with van der Waals surface area (Å²) in [5.74, 6) is 0.130. The zero-order valence-corrected chi connectivity index (χ0v) is 20.2. The second-order valence-corrected chi connectivity index (χ2v) is 10.1. The number of anilines is 2. The second-order valence-electron chi connectivity index (χ2n) is 9.06. The van der Waals surface area contributed by atoms with Gasteiger partial charge in [0.25, 0.3) is 5.91 Å². The molecule has 1 fully saturated rings. The number of benzene rings is 2. The van der Waals surface area contributed by atoms with Gasteiger partial charge in [0.15, 0.2) is 5.13 Å². The molecular formula is C26H26N6O2S. The highest BCUT2D eigenvalue weighted by atomic mass is 32.1. The van der Waals surface area contributed by atoms with E-state index in [0.717, 1.165) is 43.6 Å². The normalized spacial score (nSPS) is 16.0. The number of aromatic nitrogens is 1. The summed E-state index contributed by atoms with van der Waals surface area (Å²) in [6.07, 6.45) is 2.95. The van der Waals surface area contributed by atoms with Crippen molar-refractivity contribution in [2.75, 3.05) is 24.2 Å². The second kappa shape index (κ2) is 9.86. The van der Waals surface area contributed by atoms with Crippen LogP contribution in [0.5, 0.6) is 0 Å². The molecule has 0 bridgehead atoms. The number of fused-ring (bicyclic) bond motifs is 1. The largest absolute Gasteiger partial charge is 0.331 e. The van der Waals surface area contributed by atoms with Crippen LogP contribution in [0.4, 0.5) is 15.6 Å². The SMILES string of the molecule is CN1CCc2nc(NC(=O)c3cccc([C@H](NC(=O)Nc4ccc(C#N)cc4)C4CC4)c3)sc2C1. The van der Waals surface area contributed by atoms with Crippen molar-refractivity contribution in [2.45, 2.75) is 31.8 Å². The van der Waals surface area contributed by atoms with Crippen LogP contribution in [0.2, 0.25) is 0 Å². The quantitative estimate of drug-likeness (QED) is 0.474. The molecule has 0 unspecified atom stereocenters. The average molecular weight is 487 g/mol. The minimum absolute atomic E-state index is 0.191. The first kappa shape index (κ1) is 23.0. The molecule has 1 atom stereocenters. The summed E-state index contributed by atoms with van der Waals surface area (Å²) in [6, 6.07) is 15.7. The van der Waals surface area contributed by atoms with Crippen molar-refractivity contribution >= 4 is 34.1 Å². The molecule has 5 rings (SSSR count). The van der Waals surface area contributed by atoms with Crippen molar-refractivity contribution in [3.05, 3.63) is 75.8 Å². The van der Waals surface area contributed by atoms with Gasteiger partial charge in [-0.2, -0.15) is 5.26 Å². The maximum atomic E-state index is 13.0. The maximum absolute atomic E-state index is 13.0. The Balaban J connectivity index is 1.26. The van der Waals surface area contributed by atoms with Gasteiger partial charge in [0.1, 0.15) is 0 Å². The highest BCUT2D eigenvalue weighted by Gasteiger charge is 2.34. The van der Waals surface area contributed by atoms with Gasteiger partial charge < -0.3 is 15.5 Å². The number of hydrogen-bond acceptors (Lipinski definition) is 6. The highest BCUT2D eigenvalue weighted by Crippen LogP contribution is 2.41. The first-order valence-corrected chi connectivity index (χ1v) is 12.5. The van der Waals surface area contributed by atoms with Gasteiger partial charge in [-0.15, -0.1) is 11.3 Å². The Labute approximate surface area is 208 Å². The molecule has 2 aliphatic rings. The van der Waals surface area contributed by atoms with Crippen LogP contribution >= 0.6 is 11.3 Å². The predicted octanol–water partition coefficient (Wildman–Crippen LogP) is 4.53. The van der Waals surface area contributed by atoms with Crippen molar-refractivity contribution in [1.29, 1.82) is 5.26 Å². The van der Waals surface area contributed by atoms with Crippen molar-refractivity contribution in [1.82, 2.24) is 15.2 Å². The van der Waals surface area contributed by atoms with Crippen molar-refractivity contribution < 1.29 is 9.59 Å². The number of nitrogens with one attached hydrogen (secondary N) is 3. The number of nitriles is 1. The number of likely N-dealkylation sites (N-methyl/N-ethyl adjacent to an activating group) is 1. The molecule has 2 heterocycles. The fourth-order valence-electron chi connectivity index (χ4n) is 4.26. The Morgan fingerprint density at radius 2 is 1.97 bits per heavy atom. The summed E-state index contributed by atoms with van der Waals surface area (Å²) in [6.45, 7) is 1.83. The molecule has 3 amide bonds. The van der Waals surface area contributed by atoms with Gasteiger partial charge in [-0.1, -0.05) is 12.1 Å². The first-order chi connectivity index (χ1) is 17.0.